The van der Waals surface area contributed by atoms with Crippen molar-refractivity contribution in [2.45, 2.75) is 25.7 Å². The summed E-state index contributed by atoms with van der Waals surface area (Å²) in [6.07, 6.45) is -0.518. The number of rotatable bonds is 9. The molecule has 0 aliphatic heterocycles. The Bertz CT molecular complexity index is 1220. The van der Waals surface area contributed by atoms with Crippen molar-refractivity contribution in [3.05, 3.63) is 51.5 Å². The largest absolute Gasteiger partial charge is 0.350 e. The molecule has 0 spiro atoms. The molecule has 1 aromatic heterocycles. The molecule has 0 N–H and O–H groups in total. The summed E-state index contributed by atoms with van der Waals surface area (Å²) in [5.74, 6) is 0. The van der Waals surface area contributed by atoms with Crippen LogP contribution in [0.25, 0.3) is 10.2 Å². The Kier molecular flexibility index (Phi) is 7.69. The first-order valence-electron chi connectivity index (χ1n) is 9.32. The Balaban J connectivity index is 2.17. The lowest BCUT2D eigenvalue weighted by molar-refractivity contribution is 0.221. The SMILES string of the molecule is CCOP(=O)(CN(c1ccc2sc(C)nc2c1)S(=O)(=O)c1cc(Cl)cc(Cl)c1)OCC. The van der Waals surface area contributed by atoms with E-state index in [-0.39, 0.29) is 33.8 Å². The van der Waals surface area contributed by atoms with Crippen molar-refractivity contribution in [1.82, 2.24) is 4.98 Å². The summed E-state index contributed by atoms with van der Waals surface area (Å²) in [6.45, 7) is 5.37. The smallest absolute Gasteiger partial charge is 0.308 e. The van der Waals surface area contributed by atoms with Crippen LogP contribution in [-0.2, 0) is 23.6 Å². The van der Waals surface area contributed by atoms with E-state index in [9.17, 15) is 13.0 Å². The van der Waals surface area contributed by atoms with Crippen LogP contribution in [0.15, 0.2) is 41.3 Å². The number of halogens is 2. The van der Waals surface area contributed by atoms with Gasteiger partial charge in [-0.1, -0.05) is 23.2 Å². The summed E-state index contributed by atoms with van der Waals surface area (Å²) < 4.78 is 53.1. The fourth-order valence-corrected chi connectivity index (χ4v) is 8.15. The van der Waals surface area contributed by atoms with Crippen LogP contribution in [0.2, 0.25) is 10.0 Å². The van der Waals surface area contributed by atoms with Gasteiger partial charge in [-0.25, -0.2) is 13.4 Å². The van der Waals surface area contributed by atoms with Gasteiger partial charge in [-0.2, -0.15) is 0 Å². The molecule has 168 valence electrons. The highest BCUT2D eigenvalue weighted by atomic mass is 35.5. The minimum atomic E-state index is -4.22. The summed E-state index contributed by atoms with van der Waals surface area (Å²) in [4.78, 5) is 4.29. The molecule has 31 heavy (non-hydrogen) atoms. The second kappa shape index (κ2) is 9.75. The molecule has 0 atom stereocenters. The predicted octanol–water partition coefficient (Wildman–Crippen LogP) is 6.33. The van der Waals surface area contributed by atoms with E-state index in [1.165, 1.54) is 29.5 Å². The summed E-state index contributed by atoms with van der Waals surface area (Å²) in [5, 5.41) is 1.17. The minimum absolute atomic E-state index is 0.0957. The zero-order valence-corrected chi connectivity index (χ0v) is 21.1. The maximum absolute atomic E-state index is 13.6. The number of sulfonamides is 1. The molecule has 0 amide bonds. The minimum Gasteiger partial charge on any atom is -0.308 e. The van der Waals surface area contributed by atoms with Crippen LogP contribution in [0.4, 0.5) is 5.69 Å². The van der Waals surface area contributed by atoms with Gasteiger partial charge in [0.15, 0.2) is 0 Å². The third-order valence-corrected chi connectivity index (χ3v) is 9.41. The van der Waals surface area contributed by atoms with Gasteiger partial charge in [-0.05, 0) is 57.2 Å². The van der Waals surface area contributed by atoms with E-state index in [1.54, 1.807) is 32.0 Å². The second-order valence-electron chi connectivity index (χ2n) is 6.43. The third kappa shape index (κ3) is 5.60. The number of aryl methyl sites for hydroxylation is 1. The van der Waals surface area contributed by atoms with Crippen molar-refractivity contribution < 1.29 is 22.0 Å². The molecule has 2 aromatic carbocycles. The molecule has 0 bridgehead atoms. The molecular formula is C19H21Cl2N2O5PS2. The number of thiazole rings is 1. The van der Waals surface area contributed by atoms with E-state index in [2.05, 4.69) is 4.98 Å². The highest BCUT2D eigenvalue weighted by molar-refractivity contribution is 7.93. The number of aromatic nitrogens is 1. The van der Waals surface area contributed by atoms with Crippen LogP contribution < -0.4 is 4.31 Å². The van der Waals surface area contributed by atoms with Crippen LogP contribution in [-0.4, -0.2) is 32.9 Å². The van der Waals surface area contributed by atoms with E-state index in [0.29, 0.717) is 5.52 Å². The van der Waals surface area contributed by atoms with Crippen LogP contribution >= 0.6 is 42.1 Å². The Labute approximate surface area is 195 Å². The van der Waals surface area contributed by atoms with Gasteiger partial charge in [-0.15, -0.1) is 11.3 Å². The van der Waals surface area contributed by atoms with Gasteiger partial charge in [0.1, 0.15) is 6.29 Å². The van der Waals surface area contributed by atoms with E-state index in [1.807, 2.05) is 6.92 Å². The Hall–Kier alpha value is -1.19. The molecule has 0 radical (unpaired) electrons. The monoisotopic (exact) mass is 522 g/mol. The van der Waals surface area contributed by atoms with E-state index < -0.39 is 23.9 Å². The Morgan fingerprint density at radius 1 is 1.06 bits per heavy atom. The van der Waals surface area contributed by atoms with Gasteiger partial charge in [0.2, 0.25) is 0 Å². The summed E-state index contributed by atoms with van der Waals surface area (Å²) in [5.41, 5.74) is 0.903. The van der Waals surface area contributed by atoms with Crippen molar-refractivity contribution in [1.29, 1.82) is 0 Å². The maximum atomic E-state index is 13.6. The lowest BCUT2D eigenvalue weighted by Crippen LogP contribution is -2.33. The first kappa shape index (κ1) is 24.5. The molecule has 7 nitrogen and oxygen atoms in total. The van der Waals surface area contributed by atoms with Gasteiger partial charge < -0.3 is 9.05 Å². The van der Waals surface area contributed by atoms with Gasteiger partial charge in [0.05, 0.1) is 39.0 Å². The second-order valence-corrected chi connectivity index (χ2v) is 12.4. The molecule has 3 rings (SSSR count). The summed E-state index contributed by atoms with van der Waals surface area (Å²) in [7, 11) is -8.00. The van der Waals surface area contributed by atoms with Crippen LogP contribution in [0, 0.1) is 6.92 Å². The van der Waals surface area contributed by atoms with E-state index >= 15 is 0 Å². The first-order valence-corrected chi connectivity index (χ1v) is 14.1. The molecule has 0 fully saturated rings. The highest BCUT2D eigenvalue weighted by Gasteiger charge is 2.35. The van der Waals surface area contributed by atoms with Crippen LogP contribution in [0.3, 0.4) is 0 Å². The van der Waals surface area contributed by atoms with Gasteiger partial charge in [-0.3, -0.25) is 8.87 Å². The molecule has 0 aliphatic rings. The predicted molar refractivity (Wildman–Crippen MR) is 126 cm³/mol. The fraction of sp³-hybridized carbons (Fsp3) is 0.316. The lowest BCUT2D eigenvalue weighted by atomic mass is 10.3. The third-order valence-electron chi connectivity index (χ3n) is 4.14. The number of benzene rings is 2. The van der Waals surface area contributed by atoms with Crippen molar-refractivity contribution in [3.8, 4) is 0 Å². The van der Waals surface area contributed by atoms with E-state index in [0.717, 1.165) is 14.0 Å². The lowest BCUT2D eigenvalue weighted by Gasteiger charge is -2.28. The van der Waals surface area contributed by atoms with Crippen molar-refractivity contribution in [2.24, 2.45) is 0 Å². The summed E-state index contributed by atoms with van der Waals surface area (Å²) >= 11 is 13.6. The van der Waals surface area contributed by atoms with Crippen LogP contribution in [0.5, 0.6) is 0 Å². The van der Waals surface area contributed by atoms with Gasteiger partial charge in [0.25, 0.3) is 10.0 Å². The number of hydrogen-bond donors (Lipinski definition) is 0. The quantitative estimate of drug-likeness (QED) is 0.305. The fourth-order valence-electron chi connectivity index (χ4n) is 2.96. The molecule has 0 unspecified atom stereocenters. The zero-order chi connectivity index (χ0) is 22.8. The van der Waals surface area contributed by atoms with Crippen molar-refractivity contribution in [3.63, 3.8) is 0 Å². The van der Waals surface area contributed by atoms with Crippen molar-refractivity contribution in [2.75, 3.05) is 23.8 Å². The van der Waals surface area contributed by atoms with Crippen LogP contribution in [0.1, 0.15) is 18.9 Å². The number of hydrogen-bond acceptors (Lipinski definition) is 7. The van der Waals surface area contributed by atoms with Gasteiger partial charge >= 0.3 is 7.60 Å². The first-order chi connectivity index (χ1) is 14.6. The topological polar surface area (TPSA) is 85.8 Å². The normalized spacial score (nSPS) is 12.4. The number of anilines is 1. The molecule has 0 saturated carbocycles. The molecule has 0 saturated heterocycles. The number of nitrogens with zero attached hydrogens (tertiary/aromatic N) is 2. The molecule has 1 heterocycles. The molecule has 0 aliphatic carbocycles. The highest BCUT2D eigenvalue weighted by Crippen LogP contribution is 2.50. The van der Waals surface area contributed by atoms with Crippen molar-refractivity contribution >= 4 is 68.1 Å². The Morgan fingerprint density at radius 3 is 2.26 bits per heavy atom. The van der Waals surface area contributed by atoms with Gasteiger partial charge in [0, 0.05) is 10.0 Å². The van der Waals surface area contributed by atoms with E-state index in [4.69, 9.17) is 32.2 Å². The Morgan fingerprint density at radius 2 is 1.68 bits per heavy atom. The number of fused-ring (bicyclic) bond motifs is 1. The zero-order valence-electron chi connectivity index (χ0n) is 17.0. The molecule has 3 aromatic rings. The molecule has 12 heteroatoms. The average molecular weight is 523 g/mol. The standard InChI is InChI=1S/C19H21Cl2N2O5PS2/c1-4-27-29(24,28-5-2)12-23(16-6-7-19-18(11-16)22-13(3)30-19)31(25,26)17-9-14(20)8-15(21)10-17/h6-11H,4-5,12H2,1-3H3. The average Bonchev–Trinajstić information content (AvgIpc) is 3.05. The molecular weight excluding hydrogens is 502 g/mol. The summed E-state index contributed by atoms with van der Waals surface area (Å²) in [6, 6.07) is 9.04. The maximum Gasteiger partial charge on any atom is 0.350 e.